The summed E-state index contributed by atoms with van der Waals surface area (Å²) in [7, 11) is 0. The maximum atomic E-state index is 13.6. The van der Waals surface area contributed by atoms with Crippen molar-refractivity contribution in [2.24, 2.45) is 5.92 Å². The third-order valence-corrected chi connectivity index (χ3v) is 5.12. The fraction of sp³-hybridized carbons (Fsp3) is 0.391. The lowest BCUT2D eigenvalue weighted by atomic mass is 10.1. The van der Waals surface area contributed by atoms with Crippen molar-refractivity contribution >= 4 is 17.6 Å². The van der Waals surface area contributed by atoms with E-state index in [4.69, 9.17) is 4.74 Å². The van der Waals surface area contributed by atoms with Gasteiger partial charge in [-0.1, -0.05) is 19.6 Å². The van der Waals surface area contributed by atoms with Gasteiger partial charge >= 0.3 is 5.92 Å². The van der Waals surface area contributed by atoms with Crippen LogP contribution in [0.3, 0.4) is 0 Å². The zero-order valence-corrected chi connectivity index (χ0v) is 18.0. The largest absolute Gasteiger partial charge is 0.471 e. The monoisotopic (exact) mass is 444 g/mol. The molecule has 1 fully saturated rings. The van der Waals surface area contributed by atoms with Gasteiger partial charge in [0.2, 0.25) is 11.8 Å². The average molecular weight is 444 g/mol. The number of alkyl halides is 2. The molecule has 32 heavy (non-hydrogen) atoms. The van der Waals surface area contributed by atoms with Crippen LogP contribution < -0.4 is 15.4 Å². The van der Waals surface area contributed by atoms with Crippen LogP contribution in [0.2, 0.25) is 0 Å². The van der Waals surface area contributed by atoms with Gasteiger partial charge in [-0.3, -0.25) is 9.59 Å². The Labute approximate surface area is 185 Å². The Morgan fingerprint density at radius 3 is 2.62 bits per heavy atom. The van der Waals surface area contributed by atoms with Crippen LogP contribution in [0.5, 0.6) is 5.88 Å². The third kappa shape index (κ3) is 6.09. The highest BCUT2D eigenvalue weighted by Crippen LogP contribution is 2.30. The molecular weight excluding hydrogens is 418 g/mol. The van der Waals surface area contributed by atoms with E-state index < -0.39 is 12.5 Å². The molecule has 2 aromatic heterocycles. The van der Waals surface area contributed by atoms with E-state index in [1.165, 1.54) is 31.5 Å². The van der Waals surface area contributed by atoms with Crippen molar-refractivity contribution < 1.29 is 23.1 Å². The molecule has 7 nitrogen and oxygen atoms in total. The minimum atomic E-state index is -3.14. The molecule has 1 unspecified atom stereocenters. The van der Waals surface area contributed by atoms with Gasteiger partial charge in [-0.2, -0.15) is 8.78 Å². The second kappa shape index (κ2) is 9.84. The van der Waals surface area contributed by atoms with Gasteiger partial charge in [0.05, 0.1) is 6.04 Å². The van der Waals surface area contributed by atoms with Crippen LogP contribution in [0.25, 0.3) is 0 Å². The molecule has 2 amide bonds. The van der Waals surface area contributed by atoms with Gasteiger partial charge in [-0.15, -0.1) is 0 Å². The number of nitrogens with one attached hydrogen (secondary N) is 2. The number of halogens is 2. The summed E-state index contributed by atoms with van der Waals surface area (Å²) in [5.74, 6) is -3.14. The number of hydrogen-bond donors (Lipinski definition) is 2. The first-order chi connectivity index (χ1) is 15.2. The summed E-state index contributed by atoms with van der Waals surface area (Å²) in [6.45, 7) is 5.55. The molecule has 2 N–H and O–H groups in total. The maximum absolute atomic E-state index is 13.6. The van der Waals surface area contributed by atoms with Crippen molar-refractivity contribution in [1.29, 1.82) is 0 Å². The molecule has 0 bridgehead atoms. The lowest BCUT2D eigenvalue weighted by Gasteiger charge is -2.19. The highest BCUT2D eigenvalue weighted by Gasteiger charge is 2.31. The first kappa shape index (κ1) is 23.3. The molecule has 3 rings (SSSR count). The number of rotatable bonds is 10. The number of amides is 2. The van der Waals surface area contributed by atoms with Crippen molar-refractivity contribution in [1.82, 2.24) is 15.3 Å². The van der Waals surface area contributed by atoms with Gasteiger partial charge in [-0.25, -0.2) is 9.97 Å². The first-order valence-corrected chi connectivity index (χ1v) is 10.4. The Morgan fingerprint density at radius 2 is 2.03 bits per heavy atom. The minimum absolute atomic E-state index is 0.0326. The van der Waals surface area contributed by atoms with Crippen LogP contribution >= 0.6 is 0 Å². The molecule has 0 spiro atoms. The number of hydrogen-bond acceptors (Lipinski definition) is 5. The Balaban J connectivity index is 1.61. The van der Waals surface area contributed by atoms with E-state index in [9.17, 15) is 18.4 Å². The SMILES string of the molecule is C=C(C)C(F)(F)COc1ccc(C(CC)NC(=O)c2ccnc(NC(=O)C3CC3)c2)cn1. The quantitative estimate of drug-likeness (QED) is 0.533. The first-order valence-electron chi connectivity index (χ1n) is 10.4. The molecule has 0 aromatic carbocycles. The van der Waals surface area contributed by atoms with Crippen LogP contribution in [0, 0.1) is 5.92 Å². The van der Waals surface area contributed by atoms with Crippen LogP contribution in [0.15, 0.2) is 48.8 Å². The highest BCUT2D eigenvalue weighted by atomic mass is 19.3. The molecule has 1 aliphatic rings. The summed E-state index contributed by atoms with van der Waals surface area (Å²) in [5, 5.41) is 5.63. The van der Waals surface area contributed by atoms with Gasteiger partial charge in [0.1, 0.15) is 5.82 Å². The summed E-state index contributed by atoms with van der Waals surface area (Å²) >= 11 is 0. The van der Waals surface area contributed by atoms with Gasteiger partial charge in [0.25, 0.3) is 5.91 Å². The summed E-state index contributed by atoms with van der Waals surface area (Å²) in [4.78, 5) is 32.8. The Bertz CT molecular complexity index is 991. The minimum Gasteiger partial charge on any atom is -0.471 e. The molecule has 0 saturated heterocycles. The molecule has 0 radical (unpaired) electrons. The van der Waals surface area contributed by atoms with Gasteiger partial charge < -0.3 is 15.4 Å². The second-order valence-corrected chi connectivity index (χ2v) is 7.83. The maximum Gasteiger partial charge on any atom is 0.302 e. The number of pyridine rings is 2. The second-order valence-electron chi connectivity index (χ2n) is 7.83. The molecule has 1 atom stereocenters. The van der Waals surface area contributed by atoms with E-state index in [-0.39, 0.29) is 35.2 Å². The summed E-state index contributed by atoms with van der Waals surface area (Å²) in [6, 6.07) is 5.89. The standard InChI is InChI=1S/C23H26F2N4O3/c1-4-18(17-7-8-20(27-12-17)32-13-23(24,25)14(2)3)28-22(31)16-9-10-26-19(11-16)29-21(30)15-5-6-15/h7-12,15,18H,2,4-6,13H2,1,3H3,(H,28,31)(H,26,29,30). The molecule has 0 aliphatic heterocycles. The number of aromatic nitrogens is 2. The van der Waals surface area contributed by atoms with Crippen LogP contribution in [-0.4, -0.2) is 34.3 Å². The van der Waals surface area contributed by atoms with Crippen LogP contribution in [-0.2, 0) is 4.79 Å². The van der Waals surface area contributed by atoms with E-state index in [1.54, 1.807) is 12.1 Å². The van der Waals surface area contributed by atoms with Crippen molar-refractivity contribution in [2.45, 2.75) is 45.1 Å². The van der Waals surface area contributed by atoms with Gasteiger partial charge in [0.15, 0.2) is 6.61 Å². The van der Waals surface area contributed by atoms with E-state index in [1.807, 2.05) is 6.92 Å². The number of nitrogens with zero attached hydrogens (tertiary/aromatic N) is 2. The molecule has 170 valence electrons. The number of anilines is 1. The molecule has 9 heteroatoms. The number of ether oxygens (including phenoxy) is 1. The zero-order chi connectivity index (χ0) is 23.3. The molecular formula is C23H26F2N4O3. The van der Waals surface area contributed by atoms with E-state index in [2.05, 4.69) is 27.2 Å². The fourth-order valence-electron chi connectivity index (χ4n) is 2.85. The molecule has 2 aromatic rings. The smallest absolute Gasteiger partial charge is 0.302 e. The summed E-state index contributed by atoms with van der Waals surface area (Å²) < 4.78 is 32.3. The fourth-order valence-corrected chi connectivity index (χ4v) is 2.85. The predicted octanol–water partition coefficient (Wildman–Crippen LogP) is 4.30. The van der Waals surface area contributed by atoms with Crippen molar-refractivity contribution in [3.63, 3.8) is 0 Å². The van der Waals surface area contributed by atoms with Crippen LogP contribution in [0.1, 0.15) is 55.1 Å². The van der Waals surface area contributed by atoms with E-state index in [0.29, 0.717) is 23.4 Å². The highest BCUT2D eigenvalue weighted by molar-refractivity contribution is 5.97. The van der Waals surface area contributed by atoms with Crippen molar-refractivity contribution in [3.8, 4) is 5.88 Å². The average Bonchev–Trinajstić information content (AvgIpc) is 3.62. The topological polar surface area (TPSA) is 93.2 Å². The lowest BCUT2D eigenvalue weighted by molar-refractivity contribution is -0.117. The number of carbonyl (C=O) groups is 2. The summed E-state index contributed by atoms with van der Waals surface area (Å²) in [6.07, 6.45) is 5.28. The van der Waals surface area contributed by atoms with E-state index in [0.717, 1.165) is 12.8 Å². The van der Waals surface area contributed by atoms with Crippen molar-refractivity contribution in [3.05, 3.63) is 59.9 Å². The van der Waals surface area contributed by atoms with E-state index >= 15 is 0 Å². The molecule has 1 aliphatic carbocycles. The lowest BCUT2D eigenvalue weighted by Crippen LogP contribution is -2.28. The van der Waals surface area contributed by atoms with Crippen LogP contribution in [0.4, 0.5) is 14.6 Å². The normalized spacial score (nSPS) is 14.4. The Kier molecular flexibility index (Phi) is 7.17. The zero-order valence-electron chi connectivity index (χ0n) is 18.0. The predicted molar refractivity (Wildman–Crippen MR) is 116 cm³/mol. The van der Waals surface area contributed by atoms with Gasteiger partial charge in [-0.05, 0) is 49.5 Å². The molecule has 1 saturated carbocycles. The number of carbonyl (C=O) groups excluding carboxylic acids is 2. The summed E-state index contributed by atoms with van der Waals surface area (Å²) in [5.41, 5.74) is 0.782. The van der Waals surface area contributed by atoms with Crippen molar-refractivity contribution in [2.75, 3.05) is 11.9 Å². The molecule has 2 heterocycles. The third-order valence-electron chi connectivity index (χ3n) is 5.12. The Hall–Kier alpha value is -3.36. The Morgan fingerprint density at radius 1 is 1.28 bits per heavy atom. The van der Waals surface area contributed by atoms with Gasteiger partial charge in [0, 0.05) is 29.9 Å².